The molecule has 0 aromatic rings. The molecule has 5 aliphatic rings. The van der Waals surface area contributed by atoms with Crippen molar-refractivity contribution < 1.29 is 37.2 Å². The van der Waals surface area contributed by atoms with Gasteiger partial charge in [0.1, 0.15) is 6.29 Å². The van der Waals surface area contributed by atoms with Crippen LogP contribution in [0.3, 0.4) is 0 Å². The summed E-state index contributed by atoms with van der Waals surface area (Å²) in [4.78, 5) is 22.5. The van der Waals surface area contributed by atoms with Crippen LogP contribution < -0.4 is 0 Å². The fourth-order valence-electron chi connectivity index (χ4n) is 4.45. The smallest absolute Gasteiger partial charge is 0.449 e. The lowest BCUT2D eigenvalue weighted by atomic mass is 9.63. The van der Waals surface area contributed by atoms with Gasteiger partial charge in [0.2, 0.25) is 17.8 Å². The van der Waals surface area contributed by atoms with E-state index in [4.69, 9.17) is 19.2 Å². The molecule has 0 radical (unpaired) electrons. The van der Waals surface area contributed by atoms with Crippen molar-refractivity contribution in [2.75, 3.05) is 0 Å². The van der Waals surface area contributed by atoms with Gasteiger partial charge in [-0.15, -0.1) is 0 Å². The van der Waals surface area contributed by atoms with Gasteiger partial charge in [0, 0.05) is 17.9 Å². The maximum atomic E-state index is 13.3. The number of ether oxygens (including phenoxy) is 2. The summed E-state index contributed by atoms with van der Waals surface area (Å²) < 4.78 is 50.9. The van der Waals surface area contributed by atoms with E-state index in [-0.39, 0.29) is 12.2 Å². The molecule has 4 aliphatic heterocycles. The summed E-state index contributed by atoms with van der Waals surface area (Å²) in [6.45, 7) is 1.63. The standard InChI is InChI=1S/C15H17F3O5/c1-13-6-5-8-3-2-4-10-9(7-19)11(15(16,17)18)20-12(21-13)14(8,10)23-22-13/h7-8,10,12H,2-6H2,1H3/t8?,10-,12?,13-,14+/m0/s1. The normalized spacial score (nSPS) is 46.0. The highest BCUT2D eigenvalue weighted by atomic mass is 19.4. The van der Waals surface area contributed by atoms with Gasteiger partial charge in [0.15, 0.2) is 5.60 Å². The molecule has 3 saturated heterocycles. The van der Waals surface area contributed by atoms with Crippen LogP contribution in [0.4, 0.5) is 13.2 Å². The molecule has 23 heavy (non-hydrogen) atoms. The molecule has 2 bridgehead atoms. The van der Waals surface area contributed by atoms with E-state index >= 15 is 0 Å². The maximum absolute atomic E-state index is 13.3. The van der Waals surface area contributed by atoms with Crippen LogP contribution in [-0.2, 0) is 24.0 Å². The predicted molar refractivity (Wildman–Crippen MR) is 68.5 cm³/mol. The van der Waals surface area contributed by atoms with Crippen molar-refractivity contribution in [3.8, 4) is 0 Å². The second-order valence-electron chi connectivity index (χ2n) is 6.84. The highest BCUT2D eigenvalue weighted by molar-refractivity contribution is 5.76. The van der Waals surface area contributed by atoms with E-state index in [1.54, 1.807) is 6.92 Å². The minimum atomic E-state index is -4.75. The Hall–Kier alpha value is -1.12. The zero-order valence-electron chi connectivity index (χ0n) is 12.5. The SMILES string of the molecule is C[C@]12CCC3CCC[C@H]4C(C=O)=C(C(F)(F)F)OC(O1)[C@@]34OO2. The number of rotatable bonds is 1. The fourth-order valence-corrected chi connectivity index (χ4v) is 4.45. The number of aldehydes is 1. The van der Waals surface area contributed by atoms with Crippen LogP contribution in [0.1, 0.15) is 39.0 Å². The molecule has 5 rings (SSSR count). The van der Waals surface area contributed by atoms with E-state index in [1.165, 1.54) is 0 Å². The van der Waals surface area contributed by atoms with Crippen molar-refractivity contribution in [1.82, 2.24) is 0 Å². The van der Waals surface area contributed by atoms with Gasteiger partial charge in [-0.3, -0.25) is 4.79 Å². The van der Waals surface area contributed by atoms with Crippen molar-refractivity contribution >= 4 is 6.29 Å². The highest BCUT2D eigenvalue weighted by Gasteiger charge is 2.69. The van der Waals surface area contributed by atoms with Crippen LogP contribution in [0.2, 0.25) is 0 Å². The van der Waals surface area contributed by atoms with Gasteiger partial charge < -0.3 is 9.47 Å². The lowest BCUT2D eigenvalue weighted by molar-refractivity contribution is -0.556. The van der Waals surface area contributed by atoms with Crippen LogP contribution >= 0.6 is 0 Å². The van der Waals surface area contributed by atoms with E-state index in [2.05, 4.69) is 0 Å². The van der Waals surface area contributed by atoms with E-state index in [0.29, 0.717) is 19.3 Å². The van der Waals surface area contributed by atoms with Gasteiger partial charge in [0.05, 0.1) is 0 Å². The third-order valence-corrected chi connectivity index (χ3v) is 5.51. The number of hydrogen-bond donors (Lipinski definition) is 0. The lowest BCUT2D eigenvalue weighted by Crippen LogP contribution is -2.66. The summed E-state index contributed by atoms with van der Waals surface area (Å²) in [6.07, 6.45) is -2.61. The molecular weight excluding hydrogens is 317 g/mol. The lowest BCUT2D eigenvalue weighted by Gasteiger charge is -2.55. The predicted octanol–water partition coefficient (Wildman–Crippen LogP) is 3.00. The maximum Gasteiger partial charge on any atom is 0.449 e. The first-order valence-corrected chi connectivity index (χ1v) is 7.78. The van der Waals surface area contributed by atoms with Gasteiger partial charge in [-0.05, 0) is 32.1 Å². The molecular formula is C15H17F3O5. The van der Waals surface area contributed by atoms with E-state index < -0.39 is 41.1 Å². The van der Waals surface area contributed by atoms with Crippen LogP contribution in [-0.4, -0.2) is 30.1 Å². The molecule has 5 nitrogen and oxygen atoms in total. The number of fused-ring (bicyclic) bond motifs is 2. The first-order chi connectivity index (χ1) is 10.8. The summed E-state index contributed by atoms with van der Waals surface area (Å²) in [5.41, 5.74) is -1.57. The minimum absolute atomic E-state index is 0.0692. The van der Waals surface area contributed by atoms with E-state index in [9.17, 15) is 18.0 Å². The fraction of sp³-hybridized carbons (Fsp3) is 0.800. The second kappa shape index (κ2) is 4.70. The minimum Gasteiger partial charge on any atom is -0.456 e. The van der Waals surface area contributed by atoms with Crippen LogP contribution in [0.5, 0.6) is 0 Å². The molecule has 1 aliphatic carbocycles. The third-order valence-electron chi connectivity index (χ3n) is 5.51. The van der Waals surface area contributed by atoms with Crippen LogP contribution in [0.25, 0.3) is 0 Å². The van der Waals surface area contributed by atoms with E-state index in [1.807, 2.05) is 0 Å². The number of hydrogen-bond acceptors (Lipinski definition) is 5. The Morgan fingerprint density at radius 2 is 2.00 bits per heavy atom. The Kier molecular flexibility index (Phi) is 3.15. The second-order valence-corrected chi connectivity index (χ2v) is 6.84. The van der Waals surface area contributed by atoms with Gasteiger partial charge in [-0.1, -0.05) is 6.42 Å². The number of alkyl halides is 3. The van der Waals surface area contributed by atoms with Crippen LogP contribution in [0.15, 0.2) is 11.3 Å². The molecule has 4 heterocycles. The topological polar surface area (TPSA) is 54.0 Å². The Balaban J connectivity index is 1.88. The zero-order valence-corrected chi connectivity index (χ0v) is 12.5. The molecule has 2 unspecified atom stereocenters. The van der Waals surface area contributed by atoms with Crippen molar-refractivity contribution in [2.45, 2.75) is 62.9 Å². The molecule has 5 atom stereocenters. The first-order valence-electron chi connectivity index (χ1n) is 7.78. The molecule has 0 aromatic heterocycles. The van der Waals surface area contributed by atoms with Crippen molar-refractivity contribution in [3.63, 3.8) is 0 Å². The Labute approximate surface area is 130 Å². The van der Waals surface area contributed by atoms with Crippen LogP contribution in [0, 0.1) is 11.8 Å². The number of allylic oxidation sites excluding steroid dienone is 1. The number of halogens is 3. The summed E-state index contributed by atoms with van der Waals surface area (Å²) in [7, 11) is 0. The molecule has 0 aromatic carbocycles. The monoisotopic (exact) mass is 334 g/mol. The molecule has 1 spiro atoms. The number of carbonyl (C=O) groups excluding carboxylic acids is 1. The molecule has 4 fully saturated rings. The molecule has 0 N–H and O–H groups in total. The first kappa shape index (κ1) is 15.4. The Morgan fingerprint density at radius 1 is 1.22 bits per heavy atom. The average Bonchev–Trinajstić information content (AvgIpc) is 2.71. The Morgan fingerprint density at radius 3 is 2.70 bits per heavy atom. The zero-order chi connectivity index (χ0) is 16.5. The van der Waals surface area contributed by atoms with Gasteiger partial charge in [-0.2, -0.15) is 13.2 Å². The van der Waals surface area contributed by atoms with Gasteiger partial charge >= 0.3 is 6.18 Å². The Bertz CT molecular complexity index is 574. The molecule has 8 heteroatoms. The van der Waals surface area contributed by atoms with E-state index in [0.717, 1.165) is 12.8 Å². The number of carbonyl (C=O) groups is 1. The largest absolute Gasteiger partial charge is 0.456 e. The van der Waals surface area contributed by atoms with Crippen molar-refractivity contribution in [1.29, 1.82) is 0 Å². The molecule has 0 amide bonds. The van der Waals surface area contributed by atoms with Gasteiger partial charge in [-0.25, -0.2) is 9.78 Å². The quantitative estimate of drug-likeness (QED) is 0.545. The average molecular weight is 334 g/mol. The molecule has 1 saturated carbocycles. The highest BCUT2D eigenvalue weighted by Crippen LogP contribution is 2.59. The summed E-state index contributed by atoms with van der Waals surface area (Å²) >= 11 is 0. The molecule has 128 valence electrons. The summed E-state index contributed by atoms with van der Waals surface area (Å²) in [5, 5.41) is 0. The summed E-state index contributed by atoms with van der Waals surface area (Å²) in [5.74, 6) is -3.20. The summed E-state index contributed by atoms with van der Waals surface area (Å²) in [6, 6.07) is 0. The van der Waals surface area contributed by atoms with Crippen molar-refractivity contribution in [2.24, 2.45) is 11.8 Å². The third kappa shape index (κ3) is 2.01. The van der Waals surface area contributed by atoms with Crippen molar-refractivity contribution in [3.05, 3.63) is 11.3 Å². The van der Waals surface area contributed by atoms with Gasteiger partial charge in [0.25, 0.3) is 0 Å².